The van der Waals surface area contributed by atoms with Gasteiger partial charge in [0.25, 0.3) is 11.8 Å². The molecule has 0 aromatic heterocycles. The zero-order valence-corrected chi connectivity index (χ0v) is 23.1. The normalized spacial score (nSPS) is 21.4. The Balaban J connectivity index is 1.40. The number of likely N-dealkylation sites (tertiary alicyclic amines) is 1. The molecule has 1 saturated carbocycles. The molecule has 2 aromatic rings. The summed E-state index contributed by atoms with van der Waals surface area (Å²) in [5.74, 6) is 0.507. The third-order valence-corrected chi connectivity index (χ3v) is 7.96. The van der Waals surface area contributed by atoms with Crippen molar-refractivity contribution in [2.75, 3.05) is 38.3 Å². The van der Waals surface area contributed by atoms with Crippen LogP contribution in [-0.4, -0.2) is 81.5 Å². The summed E-state index contributed by atoms with van der Waals surface area (Å²) in [7, 11) is -3.30. The van der Waals surface area contributed by atoms with E-state index in [-0.39, 0.29) is 49.2 Å². The molecule has 3 aliphatic heterocycles. The molecule has 40 heavy (non-hydrogen) atoms. The van der Waals surface area contributed by atoms with E-state index in [1.54, 1.807) is 30.3 Å². The summed E-state index contributed by atoms with van der Waals surface area (Å²) in [6.45, 7) is 0.947. The minimum Gasteiger partial charge on any atom is -0.493 e. The molecule has 2 fully saturated rings. The number of ether oxygens (including phenoxy) is 3. The number of hydrogen-bond donors (Lipinski definition) is 2. The lowest BCUT2D eigenvalue weighted by atomic mass is 10.1. The molecule has 4 bridgehead atoms. The molecule has 2 atom stereocenters. The highest BCUT2D eigenvalue weighted by molar-refractivity contribution is 7.90. The number of sulfone groups is 1. The van der Waals surface area contributed by atoms with Crippen LogP contribution in [0.25, 0.3) is 0 Å². The molecule has 3 amide bonds. The van der Waals surface area contributed by atoms with E-state index in [0.717, 1.165) is 24.7 Å². The minimum absolute atomic E-state index is 0.145. The lowest BCUT2D eigenvalue weighted by Crippen LogP contribution is -2.45. The second-order valence-corrected chi connectivity index (χ2v) is 12.8. The van der Waals surface area contributed by atoms with Gasteiger partial charge in [0.05, 0.1) is 24.9 Å². The highest BCUT2D eigenvalue weighted by atomic mass is 32.2. The first kappa shape index (κ1) is 27.8. The lowest BCUT2D eigenvalue weighted by molar-refractivity contribution is -0.130. The first-order chi connectivity index (χ1) is 19.1. The first-order valence-electron chi connectivity index (χ1n) is 13.3. The smallest absolute Gasteiger partial charge is 0.258 e. The molecular formula is C28H33N3O8S. The maximum atomic E-state index is 13.5. The fraction of sp³-hybridized carbons (Fsp3) is 0.464. The zero-order valence-electron chi connectivity index (χ0n) is 22.3. The van der Waals surface area contributed by atoms with Gasteiger partial charge in [-0.2, -0.15) is 0 Å². The Bertz CT molecular complexity index is 1370. The summed E-state index contributed by atoms with van der Waals surface area (Å²) in [6.07, 6.45) is 2.58. The number of benzene rings is 2. The summed E-state index contributed by atoms with van der Waals surface area (Å²) in [6, 6.07) is 11.4. The third kappa shape index (κ3) is 7.65. The highest BCUT2D eigenvalue weighted by Crippen LogP contribution is 2.31. The van der Waals surface area contributed by atoms with E-state index in [1.165, 1.54) is 4.90 Å². The molecule has 0 spiro atoms. The van der Waals surface area contributed by atoms with E-state index in [2.05, 4.69) is 10.6 Å². The van der Waals surface area contributed by atoms with E-state index in [4.69, 9.17) is 14.2 Å². The Morgan fingerprint density at radius 2 is 1.85 bits per heavy atom. The van der Waals surface area contributed by atoms with Crippen LogP contribution in [0.5, 0.6) is 17.2 Å². The zero-order chi connectivity index (χ0) is 28.3. The summed E-state index contributed by atoms with van der Waals surface area (Å²) in [5, 5.41) is 5.79. The molecular weight excluding hydrogens is 538 g/mol. The van der Waals surface area contributed by atoms with Crippen molar-refractivity contribution in [1.29, 1.82) is 0 Å². The number of carbonyl (C=O) groups is 3. The molecule has 214 valence electrons. The maximum absolute atomic E-state index is 13.5. The Morgan fingerprint density at radius 3 is 2.58 bits per heavy atom. The molecule has 0 unspecified atom stereocenters. The van der Waals surface area contributed by atoms with Crippen molar-refractivity contribution in [2.24, 2.45) is 5.92 Å². The molecule has 2 aromatic carbocycles. The molecule has 12 heteroatoms. The Hall–Kier alpha value is -3.80. The van der Waals surface area contributed by atoms with Gasteiger partial charge in [-0.3, -0.25) is 14.4 Å². The highest BCUT2D eigenvalue weighted by Gasteiger charge is 2.38. The van der Waals surface area contributed by atoms with Gasteiger partial charge in [0.2, 0.25) is 5.91 Å². The number of nitrogens with zero attached hydrogens (tertiary/aromatic N) is 1. The van der Waals surface area contributed by atoms with E-state index < -0.39 is 27.9 Å². The predicted octanol–water partition coefficient (Wildman–Crippen LogP) is 1.31. The third-order valence-electron chi connectivity index (χ3n) is 7.02. The minimum atomic E-state index is -3.30. The maximum Gasteiger partial charge on any atom is 0.258 e. The fourth-order valence-electron chi connectivity index (χ4n) is 4.55. The van der Waals surface area contributed by atoms with Gasteiger partial charge in [0, 0.05) is 37.4 Å². The Morgan fingerprint density at radius 1 is 1.07 bits per heavy atom. The molecule has 1 aliphatic carbocycles. The standard InChI is InChI=1S/C28H33N3O8S/c1-40(35,36)9-8-27(33)31-14-24-25(15-31)39-21-6-4-18(5-7-21)13-29-26(32)17-38-23-11-20(28(34)30-24)10-22(12-23)37-16-19-2-3-19/h4-7,10-12,19,24-25H,2-3,8-9,13-17H2,1H3,(H,29,32)(H,30,34)/t24-,25-/m0/s1. The SMILES string of the molecule is CS(=O)(=O)CCC(=O)N1C[C@@H]2NC(=O)c3cc(cc(OCC4CC4)c3)OCC(=O)NCc3ccc(cc3)O[C@H]2C1. The van der Waals surface area contributed by atoms with Gasteiger partial charge in [-0.25, -0.2) is 8.42 Å². The Labute approximate surface area is 233 Å². The van der Waals surface area contributed by atoms with Gasteiger partial charge in [-0.1, -0.05) is 12.1 Å². The largest absolute Gasteiger partial charge is 0.493 e. The van der Waals surface area contributed by atoms with Crippen LogP contribution in [0.15, 0.2) is 42.5 Å². The van der Waals surface area contributed by atoms with Crippen LogP contribution >= 0.6 is 0 Å². The van der Waals surface area contributed by atoms with Crippen LogP contribution in [0, 0.1) is 5.92 Å². The van der Waals surface area contributed by atoms with Crippen LogP contribution < -0.4 is 24.8 Å². The fourth-order valence-corrected chi connectivity index (χ4v) is 5.09. The van der Waals surface area contributed by atoms with Gasteiger partial charge < -0.3 is 29.7 Å². The molecule has 1 saturated heterocycles. The predicted molar refractivity (Wildman–Crippen MR) is 145 cm³/mol. The molecule has 0 radical (unpaired) electrons. The van der Waals surface area contributed by atoms with Crippen molar-refractivity contribution in [3.8, 4) is 17.2 Å². The average molecular weight is 572 g/mol. The van der Waals surface area contributed by atoms with Crippen molar-refractivity contribution >= 4 is 27.6 Å². The number of fused-ring (bicyclic) bond motifs is 7. The first-order valence-corrected chi connectivity index (χ1v) is 15.4. The summed E-state index contributed by atoms with van der Waals surface area (Å²) in [5.41, 5.74) is 1.13. The summed E-state index contributed by atoms with van der Waals surface area (Å²) < 4.78 is 41.0. The van der Waals surface area contributed by atoms with Gasteiger partial charge in [-0.15, -0.1) is 0 Å². The van der Waals surface area contributed by atoms with Crippen molar-refractivity contribution in [2.45, 2.75) is 38.0 Å². The van der Waals surface area contributed by atoms with Gasteiger partial charge in [0.1, 0.15) is 33.2 Å². The van der Waals surface area contributed by atoms with Gasteiger partial charge in [-0.05, 0) is 48.6 Å². The van der Waals surface area contributed by atoms with Crippen molar-refractivity contribution in [3.63, 3.8) is 0 Å². The van der Waals surface area contributed by atoms with Crippen LogP contribution in [0.3, 0.4) is 0 Å². The van der Waals surface area contributed by atoms with Gasteiger partial charge in [0.15, 0.2) is 6.61 Å². The van der Waals surface area contributed by atoms with Gasteiger partial charge >= 0.3 is 0 Å². The number of nitrogens with one attached hydrogen (secondary N) is 2. The second kappa shape index (κ2) is 11.7. The number of rotatable bonds is 6. The van der Waals surface area contributed by atoms with Crippen LogP contribution in [0.4, 0.5) is 0 Å². The Kier molecular flexibility index (Phi) is 8.15. The number of hydrogen-bond acceptors (Lipinski definition) is 8. The van der Waals surface area contributed by atoms with E-state index >= 15 is 0 Å². The molecule has 3 heterocycles. The molecule has 6 rings (SSSR count). The van der Waals surface area contributed by atoms with Crippen molar-refractivity contribution < 1.29 is 37.0 Å². The van der Waals surface area contributed by atoms with E-state index in [1.807, 2.05) is 12.1 Å². The van der Waals surface area contributed by atoms with E-state index in [9.17, 15) is 22.8 Å². The number of amides is 3. The van der Waals surface area contributed by atoms with Crippen molar-refractivity contribution in [3.05, 3.63) is 53.6 Å². The average Bonchev–Trinajstić information content (AvgIpc) is 3.68. The van der Waals surface area contributed by atoms with Crippen LogP contribution in [0.2, 0.25) is 0 Å². The number of carbonyl (C=O) groups excluding carboxylic acids is 3. The molecule has 11 nitrogen and oxygen atoms in total. The van der Waals surface area contributed by atoms with E-state index in [0.29, 0.717) is 36.3 Å². The summed E-state index contributed by atoms with van der Waals surface area (Å²) in [4.78, 5) is 40.2. The monoisotopic (exact) mass is 571 g/mol. The summed E-state index contributed by atoms with van der Waals surface area (Å²) >= 11 is 0. The quantitative estimate of drug-likeness (QED) is 0.529. The molecule has 4 aliphatic rings. The van der Waals surface area contributed by atoms with Crippen LogP contribution in [0.1, 0.15) is 35.2 Å². The van der Waals surface area contributed by atoms with Crippen molar-refractivity contribution in [1.82, 2.24) is 15.5 Å². The topological polar surface area (TPSA) is 140 Å². The second-order valence-electron chi connectivity index (χ2n) is 10.6. The lowest BCUT2D eigenvalue weighted by Gasteiger charge is -2.21. The molecule has 2 N–H and O–H groups in total. The van der Waals surface area contributed by atoms with Crippen LogP contribution in [-0.2, 0) is 26.0 Å².